The third-order valence-corrected chi connectivity index (χ3v) is 3.01. The van der Waals surface area contributed by atoms with Gasteiger partial charge in [-0.15, -0.1) is 0 Å². The second-order valence-corrected chi connectivity index (χ2v) is 4.37. The fourth-order valence-electron chi connectivity index (χ4n) is 2.01. The molecular formula is C12H18N4O2. The standard InChI is InChI=1S/C12H18N4O2/c1-8(10-5-3-7-18-10)14-12(17)9-4-2-6-11(15-9)16-13/h2,4,6,8,10H,3,5,7,13H2,1H3,(H,14,17)(H,15,16). The molecule has 0 radical (unpaired) electrons. The predicted octanol–water partition coefficient (Wildman–Crippen LogP) is 0.664. The van der Waals surface area contributed by atoms with Gasteiger partial charge in [0.15, 0.2) is 0 Å². The van der Waals surface area contributed by atoms with Gasteiger partial charge in [-0.2, -0.15) is 0 Å². The number of hydrogen-bond acceptors (Lipinski definition) is 5. The predicted molar refractivity (Wildman–Crippen MR) is 67.9 cm³/mol. The highest BCUT2D eigenvalue weighted by Crippen LogP contribution is 2.15. The Morgan fingerprint density at radius 2 is 2.44 bits per heavy atom. The van der Waals surface area contributed by atoms with Gasteiger partial charge in [0.05, 0.1) is 12.1 Å². The molecule has 1 aromatic heterocycles. The van der Waals surface area contributed by atoms with Gasteiger partial charge in [-0.25, -0.2) is 10.8 Å². The van der Waals surface area contributed by atoms with Crippen molar-refractivity contribution in [2.75, 3.05) is 12.0 Å². The number of nitrogens with zero attached hydrogens (tertiary/aromatic N) is 1. The van der Waals surface area contributed by atoms with E-state index in [4.69, 9.17) is 10.6 Å². The average Bonchev–Trinajstić information content (AvgIpc) is 2.92. The van der Waals surface area contributed by atoms with E-state index in [9.17, 15) is 4.79 Å². The molecule has 6 heteroatoms. The number of carbonyl (C=O) groups is 1. The van der Waals surface area contributed by atoms with Gasteiger partial charge < -0.3 is 15.5 Å². The summed E-state index contributed by atoms with van der Waals surface area (Å²) in [6.07, 6.45) is 2.14. The SMILES string of the molecule is CC(NC(=O)c1cccc(NN)n1)C1CCCO1. The highest BCUT2D eigenvalue weighted by atomic mass is 16.5. The van der Waals surface area contributed by atoms with E-state index in [1.54, 1.807) is 18.2 Å². The first-order valence-corrected chi connectivity index (χ1v) is 6.07. The lowest BCUT2D eigenvalue weighted by molar-refractivity contribution is 0.0709. The molecule has 0 bridgehead atoms. The number of anilines is 1. The Kier molecular flexibility index (Phi) is 4.11. The topological polar surface area (TPSA) is 89.3 Å². The van der Waals surface area contributed by atoms with Crippen molar-refractivity contribution in [1.29, 1.82) is 0 Å². The quantitative estimate of drug-likeness (QED) is 0.539. The third kappa shape index (κ3) is 2.96. The fourth-order valence-corrected chi connectivity index (χ4v) is 2.01. The number of hydrazine groups is 1. The Morgan fingerprint density at radius 3 is 3.11 bits per heavy atom. The molecule has 6 nitrogen and oxygen atoms in total. The minimum atomic E-state index is -0.213. The molecular weight excluding hydrogens is 232 g/mol. The maximum absolute atomic E-state index is 12.0. The van der Waals surface area contributed by atoms with Crippen LogP contribution in [0.25, 0.3) is 0 Å². The van der Waals surface area contributed by atoms with E-state index in [1.807, 2.05) is 6.92 Å². The molecule has 1 saturated heterocycles. The summed E-state index contributed by atoms with van der Waals surface area (Å²) in [5, 5.41) is 2.89. The van der Waals surface area contributed by atoms with Crippen molar-refractivity contribution < 1.29 is 9.53 Å². The second kappa shape index (κ2) is 5.79. The fraction of sp³-hybridized carbons (Fsp3) is 0.500. The molecule has 18 heavy (non-hydrogen) atoms. The van der Waals surface area contributed by atoms with Crippen molar-refractivity contribution in [2.45, 2.75) is 31.9 Å². The lowest BCUT2D eigenvalue weighted by atomic mass is 10.1. The molecule has 2 rings (SSSR count). The minimum absolute atomic E-state index is 0.0173. The Labute approximate surface area is 106 Å². The van der Waals surface area contributed by atoms with Crippen molar-refractivity contribution in [3.8, 4) is 0 Å². The van der Waals surface area contributed by atoms with Gasteiger partial charge in [0.1, 0.15) is 11.5 Å². The van der Waals surface area contributed by atoms with Crippen LogP contribution in [0.3, 0.4) is 0 Å². The van der Waals surface area contributed by atoms with Crippen molar-refractivity contribution in [1.82, 2.24) is 10.3 Å². The van der Waals surface area contributed by atoms with Crippen LogP contribution in [-0.4, -0.2) is 29.6 Å². The van der Waals surface area contributed by atoms with Crippen molar-refractivity contribution >= 4 is 11.7 Å². The minimum Gasteiger partial charge on any atom is -0.376 e. The molecule has 0 spiro atoms. The summed E-state index contributed by atoms with van der Waals surface area (Å²) in [5.74, 6) is 5.51. The maximum Gasteiger partial charge on any atom is 0.270 e. The third-order valence-electron chi connectivity index (χ3n) is 3.01. The zero-order valence-corrected chi connectivity index (χ0v) is 10.3. The van der Waals surface area contributed by atoms with Gasteiger partial charge in [0.2, 0.25) is 0 Å². The summed E-state index contributed by atoms with van der Waals surface area (Å²) in [4.78, 5) is 16.1. The summed E-state index contributed by atoms with van der Waals surface area (Å²) < 4.78 is 5.53. The van der Waals surface area contributed by atoms with Crippen LogP contribution in [0.4, 0.5) is 5.82 Å². The van der Waals surface area contributed by atoms with Crippen molar-refractivity contribution in [3.63, 3.8) is 0 Å². The summed E-state index contributed by atoms with van der Waals surface area (Å²) in [6.45, 7) is 2.72. The van der Waals surface area contributed by atoms with Crippen LogP contribution < -0.4 is 16.6 Å². The number of ether oxygens (including phenoxy) is 1. The van der Waals surface area contributed by atoms with E-state index in [-0.39, 0.29) is 18.1 Å². The van der Waals surface area contributed by atoms with Crippen LogP contribution in [0.5, 0.6) is 0 Å². The van der Waals surface area contributed by atoms with E-state index < -0.39 is 0 Å². The molecule has 1 aromatic rings. The van der Waals surface area contributed by atoms with E-state index in [1.165, 1.54) is 0 Å². The Hall–Kier alpha value is -1.66. The van der Waals surface area contributed by atoms with Crippen LogP contribution in [0.2, 0.25) is 0 Å². The molecule has 1 aliphatic heterocycles. The van der Waals surface area contributed by atoms with Gasteiger partial charge in [-0.05, 0) is 31.9 Å². The molecule has 1 amide bonds. The van der Waals surface area contributed by atoms with Crippen LogP contribution in [0, 0.1) is 0 Å². The number of nitrogens with two attached hydrogens (primary N) is 1. The highest BCUT2D eigenvalue weighted by molar-refractivity contribution is 5.92. The van der Waals surface area contributed by atoms with Crippen molar-refractivity contribution in [3.05, 3.63) is 23.9 Å². The van der Waals surface area contributed by atoms with Crippen LogP contribution in [0.1, 0.15) is 30.3 Å². The molecule has 0 saturated carbocycles. The summed E-state index contributed by atoms with van der Waals surface area (Å²) >= 11 is 0. The van der Waals surface area contributed by atoms with E-state index in [2.05, 4.69) is 15.7 Å². The monoisotopic (exact) mass is 250 g/mol. The van der Waals surface area contributed by atoms with Crippen LogP contribution in [0.15, 0.2) is 18.2 Å². The first-order valence-electron chi connectivity index (χ1n) is 6.07. The zero-order valence-electron chi connectivity index (χ0n) is 10.3. The molecule has 1 fully saturated rings. The number of aromatic nitrogens is 1. The van der Waals surface area contributed by atoms with E-state index in [0.29, 0.717) is 11.5 Å². The molecule has 98 valence electrons. The Balaban J connectivity index is 1.97. The molecule has 0 aromatic carbocycles. The Bertz CT molecular complexity index is 418. The lowest BCUT2D eigenvalue weighted by Crippen LogP contribution is -2.41. The van der Waals surface area contributed by atoms with Gasteiger partial charge in [-0.3, -0.25) is 4.79 Å². The Morgan fingerprint density at radius 1 is 1.61 bits per heavy atom. The number of pyridine rings is 1. The number of nitrogens with one attached hydrogen (secondary N) is 2. The lowest BCUT2D eigenvalue weighted by Gasteiger charge is -2.19. The molecule has 1 aliphatic rings. The van der Waals surface area contributed by atoms with Gasteiger partial charge in [0, 0.05) is 6.61 Å². The number of carbonyl (C=O) groups excluding carboxylic acids is 1. The maximum atomic E-state index is 12.0. The first kappa shape index (κ1) is 12.8. The van der Waals surface area contributed by atoms with E-state index >= 15 is 0 Å². The molecule has 2 atom stereocenters. The number of hydrogen-bond donors (Lipinski definition) is 3. The highest BCUT2D eigenvalue weighted by Gasteiger charge is 2.24. The molecule has 0 aliphatic carbocycles. The number of nitrogen functional groups attached to an aromatic ring is 1. The van der Waals surface area contributed by atoms with Gasteiger partial charge >= 0.3 is 0 Å². The normalized spacial score (nSPS) is 20.4. The van der Waals surface area contributed by atoms with Gasteiger partial charge in [0.25, 0.3) is 5.91 Å². The summed E-state index contributed by atoms with van der Waals surface area (Å²) in [6, 6.07) is 5.06. The smallest absolute Gasteiger partial charge is 0.270 e. The van der Waals surface area contributed by atoms with Crippen LogP contribution >= 0.6 is 0 Å². The summed E-state index contributed by atoms with van der Waals surface area (Å²) in [5.41, 5.74) is 2.76. The second-order valence-electron chi connectivity index (χ2n) is 4.37. The van der Waals surface area contributed by atoms with Crippen molar-refractivity contribution in [2.24, 2.45) is 5.84 Å². The molecule has 2 unspecified atom stereocenters. The largest absolute Gasteiger partial charge is 0.376 e. The zero-order chi connectivity index (χ0) is 13.0. The van der Waals surface area contributed by atoms with Gasteiger partial charge in [-0.1, -0.05) is 6.07 Å². The molecule has 2 heterocycles. The molecule has 4 N–H and O–H groups in total. The number of amides is 1. The average molecular weight is 250 g/mol. The van der Waals surface area contributed by atoms with Crippen LogP contribution in [-0.2, 0) is 4.74 Å². The number of rotatable bonds is 4. The first-order chi connectivity index (χ1) is 8.70. The summed E-state index contributed by atoms with van der Waals surface area (Å²) in [7, 11) is 0. The van der Waals surface area contributed by atoms with E-state index in [0.717, 1.165) is 19.4 Å².